The molecule has 3 aromatic rings. The fraction of sp³-hybridized carbons (Fsp3) is 0.364. The number of fused-ring (bicyclic) bond motifs is 1. The van der Waals surface area contributed by atoms with Gasteiger partial charge in [0.1, 0.15) is 23.7 Å². The summed E-state index contributed by atoms with van der Waals surface area (Å²) in [7, 11) is -3.44. The van der Waals surface area contributed by atoms with Crippen molar-refractivity contribution < 1.29 is 22.7 Å². The number of pyridine rings is 1. The number of halogens is 1. The molecule has 0 fully saturated rings. The zero-order valence-corrected chi connectivity index (χ0v) is 19.6. The molecule has 1 aliphatic heterocycles. The zero-order valence-electron chi connectivity index (χ0n) is 18.8. The normalized spacial score (nSPS) is 14.7. The van der Waals surface area contributed by atoms with Crippen LogP contribution in [0, 0.1) is 5.82 Å². The molecule has 1 aliphatic rings. The van der Waals surface area contributed by atoms with E-state index >= 15 is 0 Å². The number of aliphatic hydroxyl groups excluding tert-OH is 1. The van der Waals surface area contributed by atoms with E-state index in [4.69, 9.17) is 0 Å². The summed E-state index contributed by atoms with van der Waals surface area (Å²) >= 11 is 0. The molecule has 2 N–H and O–H groups in total. The molecule has 1 aromatic carbocycles. The number of benzene rings is 1. The van der Waals surface area contributed by atoms with Gasteiger partial charge < -0.3 is 15.0 Å². The third kappa shape index (κ3) is 4.69. The molecule has 0 saturated carbocycles. The molecule has 0 unspecified atom stereocenters. The molecule has 0 saturated heterocycles. The van der Waals surface area contributed by atoms with Gasteiger partial charge in [-0.15, -0.1) is 10.2 Å². The lowest BCUT2D eigenvalue weighted by molar-refractivity contribution is 0.102. The van der Waals surface area contributed by atoms with Crippen molar-refractivity contribution in [2.75, 3.05) is 17.7 Å². The fourth-order valence-electron chi connectivity index (χ4n) is 3.80. The Hall–Kier alpha value is -3.22. The van der Waals surface area contributed by atoms with Crippen molar-refractivity contribution in [3.8, 4) is 11.5 Å². The summed E-state index contributed by atoms with van der Waals surface area (Å²) < 4.78 is 42.5. The Bertz CT molecular complexity index is 1330. The first-order valence-electron chi connectivity index (χ1n) is 10.8. The van der Waals surface area contributed by atoms with Crippen LogP contribution in [0.25, 0.3) is 11.5 Å². The number of hydrogen-bond acceptors (Lipinski definition) is 7. The van der Waals surface area contributed by atoms with E-state index in [2.05, 4.69) is 20.5 Å². The number of hydrogen-bond donors (Lipinski definition) is 2. The molecule has 12 heteroatoms. The monoisotopic (exact) mass is 488 g/mol. The topological polar surface area (TPSA) is 130 Å². The maximum atomic E-state index is 14.8. The molecule has 10 nitrogen and oxygen atoms in total. The first kappa shape index (κ1) is 23.9. The third-order valence-corrected chi connectivity index (χ3v) is 7.58. The first-order chi connectivity index (χ1) is 16.2. The highest BCUT2D eigenvalue weighted by Crippen LogP contribution is 2.29. The lowest BCUT2D eigenvalue weighted by atomic mass is 10.1. The second-order valence-electron chi connectivity index (χ2n) is 8.14. The molecule has 34 heavy (non-hydrogen) atoms. The highest BCUT2D eigenvalue weighted by Gasteiger charge is 2.30. The number of aromatic nitrogens is 4. The Balaban J connectivity index is 1.55. The molecular weight excluding hydrogens is 463 g/mol. The average molecular weight is 489 g/mol. The van der Waals surface area contributed by atoms with E-state index in [-0.39, 0.29) is 42.9 Å². The fourth-order valence-corrected chi connectivity index (χ4v) is 5.24. The van der Waals surface area contributed by atoms with Crippen molar-refractivity contribution in [3.63, 3.8) is 0 Å². The maximum absolute atomic E-state index is 14.8. The van der Waals surface area contributed by atoms with Gasteiger partial charge in [0.15, 0.2) is 5.82 Å². The number of rotatable bonds is 8. The number of carbonyl (C=O) groups excluding carboxylic acids is 1. The molecular formula is C22H25FN6O4S. The standard InChI is InChI=1S/C22H25FN6O4S/c1-3-7-34(32,33)28-10-15-8-17(18(23)9-16(15)11-28)22(31)26-20-6-4-5-19(25-20)21-27-24-13-29(21)14(2)12-30/h4-6,8-9,13-14,30H,3,7,10-12H2,1-2H3,(H,25,26,31)/t14-/m1/s1. The number of nitrogens with zero attached hydrogens (tertiary/aromatic N) is 5. The number of nitrogens with one attached hydrogen (secondary N) is 1. The van der Waals surface area contributed by atoms with E-state index in [1.165, 1.54) is 22.8 Å². The summed E-state index contributed by atoms with van der Waals surface area (Å²) in [6.45, 7) is 3.65. The maximum Gasteiger partial charge on any atom is 0.259 e. The Morgan fingerprint density at radius 3 is 2.71 bits per heavy atom. The molecule has 1 atom stereocenters. The van der Waals surface area contributed by atoms with Gasteiger partial charge in [0, 0.05) is 13.1 Å². The van der Waals surface area contributed by atoms with Crippen molar-refractivity contribution in [3.05, 3.63) is 59.2 Å². The third-order valence-electron chi connectivity index (χ3n) is 5.61. The van der Waals surface area contributed by atoms with Crippen LogP contribution >= 0.6 is 0 Å². The van der Waals surface area contributed by atoms with Crippen molar-refractivity contribution in [2.45, 2.75) is 39.4 Å². The average Bonchev–Trinajstić information content (AvgIpc) is 3.45. The van der Waals surface area contributed by atoms with E-state index in [1.54, 1.807) is 36.6 Å². The SMILES string of the molecule is CCCS(=O)(=O)N1Cc2cc(F)c(C(=O)Nc3cccc(-c4nncn4[C@H](C)CO)n3)cc2C1. The lowest BCUT2D eigenvalue weighted by Crippen LogP contribution is -2.27. The Labute approximate surface area is 196 Å². The number of amides is 1. The van der Waals surface area contributed by atoms with Crippen LogP contribution in [-0.2, 0) is 23.1 Å². The van der Waals surface area contributed by atoms with Crippen molar-refractivity contribution in [1.82, 2.24) is 24.1 Å². The summed E-state index contributed by atoms with van der Waals surface area (Å²) in [5, 5.41) is 19.9. The van der Waals surface area contributed by atoms with Gasteiger partial charge in [-0.05, 0) is 48.7 Å². The Morgan fingerprint density at radius 1 is 1.26 bits per heavy atom. The number of anilines is 1. The molecule has 0 bridgehead atoms. The van der Waals surface area contributed by atoms with Gasteiger partial charge in [-0.1, -0.05) is 13.0 Å². The largest absolute Gasteiger partial charge is 0.394 e. The van der Waals surface area contributed by atoms with Crippen LogP contribution in [0.4, 0.5) is 10.2 Å². The Morgan fingerprint density at radius 2 is 2.00 bits per heavy atom. The van der Waals surface area contributed by atoms with E-state index in [0.717, 1.165) is 0 Å². The van der Waals surface area contributed by atoms with Crippen molar-refractivity contribution in [1.29, 1.82) is 0 Å². The van der Waals surface area contributed by atoms with Crippen LogP contribution in [0.1, 0.15) is 47.8 Å². The predicted octanol–water partition coefficient (Wildman–Crippen LogP) is 2.34. The zero-order chi connectivity index (χ0) is 24.5. The second-order valence-corrected chi connectivity index (χ2v) is 10.2. The molecule has 4 rings (SSSR count). The Kier molecular flexibility index (Phi) is 6.73. The molecule has 0 radical (unpaired) electrons. The van der Waals surface area contributed by atoms with Gasteiger partial charge in [0.05, 0.1) is 24.0 Å². The van der Waals surface area contributed by atoms with Gasteiger partial charge in [-0.3, -0.25) is 4.79 Å². The van der Waals surface area contributed by atoms with Gasteiger partial charge in [0.2, 0.25) is 10.0 Å². The van der Waals surface area contributed by atoms with Gasteiger partial charge >= 0.3 is 0 Å². The summed E-state index contributed by atoms with van der Waals surface area (Å²) in [5.41, 5.74) is 1.37. The van der Waals surface area contributed by atoms with E-state index < -0.39 is 21.7 Å². The smallest absolute Gasteiger partial charge is 0.259 e. The quantitative estimate of drug-likeness (QED) is 0.498. The van der Waals surface area contributed by atoms with Crippen LogP contribution in [0.3, 0.4) is 0 Å². The highest BCUT2D eigenvalue weighted by atomic mass is 32.2. The van der Waals surface area contributed by atoms with Crippen molar-refractivity contribution >= 4 is 21.7 Å². The number of sulfonamides is 1. The second kappa shape index (κ2) is 9.57. The first-order valence-corrected chi connectivity index (χ1v) is 12.4. The molecule has 0 spiro atoms. The van der Waals surface area contributed by atoms with Gasteiger partial charge in [-0.2, -0.15) is 4.31 Å². The van der Waals surface area contributed by atoms with Gasteiger partial charge in [-0.25, -0.2) is 17.8 Å². The summed E-state index contributed by atoms with van der Waals surface area (Å²) in [4.78, 5) is 17.2. The van der Waals surface area contributed by atoms with Crippen LogP contribution in [-0.4, -0.2) is 55.8 Å². The number of aliphatic hydroxyl groups is 1. The molecule has 180 valence electrons. The summed E-state index contributed by atoms with van der Waals surface area (Å²) in [6.07, 6.45) is 1.96. The number of carbonyl (C=O) groups is 1. The van der Waals surface area contributed by atoms with E-state index in [9.17, 15) is 22.7 Å². The predicted molar refractivity (Wildman–Crippen MR) is 123 cm³/mol. The molecule has 3 heterocycles. The molecule has 2 aromatic heterocycles. The lowest BCUT2D eigenvalue weighted by Gasteiger charge is -2.14. The van der Waals surface area contributed by atoms with Crippen LogP contribution in [0.15, 0.2) is 36.7 Å². The summed E-state index contributed by atoms with van der Waals surface area (Å²) in [6, 6.07) is 7.24. The van der Waals surface area contributed by atoms with Gasteiger partial charge in [0.25, 0.3) is 5.91 Å². The molecule has 0 aliphatic carbocycles. The molecule has 1 amide bonds. The highest BCUT2D eigenvalue weighted by molar-refractivity contribution is 7.89. The van der Waals surface area contributed by atoms with E-state index in [0.29, 0.717) is 29.1 Å². The van der Waals surface area contributed by atoms with Crippen LogP contribution in [0.5, 0.6) is 0 Å². The minimum absolute atomic E-state index is 0.0175. The van der Waals surface area contributed by atoms with Crippen LogP contribution < -0.4 is 5.32 Å². The van der Waals surface area contributed by atoms with Crippen LogP contribution in [0.2, 0.25) is 0 Å². The summed E-state index contributed by atoms with van der Waals surface area (Å²) in [5.74, 6) is -0.830. The minimum atomic E-state index is -3.44. The minimum Gasteiger partial charge on any atom is -0.394 e. The van der Waals surface area contributed by atoms with E-state index in [1.807, 2.05) is 0 Å². The van der Waals surface area contributed by atoms with Crippen molar-refractivity contribution in [2.24, 2.45) is 0 Å².